The van der Waals surface area contributed by atoms with Crippen LogP contribution in [0.15, 0.2) is 12.3 Å². The molecule has 2 fully saturated rings. The van der Waals surface area contributed by atoms with Gasteiger partial charge in [-0.25, -0.2) is 4.98 Å². The van der Waals surface area contributed by atoms with Crippen molar-refractivity contribution in [2.24, 2.45) is 11.7 Å². The lowest BCUT2D eigenvalue weighted by atomic mass is 9.82. The highest BCUT2D eigenvalue weighted by Crippen LogP contribution is 2.36. The van der Waals surface area contributed by atoms with Crippen LogP contribution in [0.1, 0.15) is 36.0 Å². The van der Waals surface area contributed by atoms with Gasteiger partial charge in [0, 0.05) is 24.8 Å². The summed E-state index contributed by atoms with van der Waals surface area (Å²) in [6.45, 7) is 0.843. The monoisotopic (exact) mass is 295 g/mol. The molecule has 2 heterocycles. The van der Waals surface area contributed by atoms with E-state index in [1.165, 1.54) is 6.20 Å². The lowest BCUT2D eigenvalue weighted by Crippen LogP contribution is -2.38. The van der Waals surface area contributed by atoms with Crippen molar-refractivity contribution < 1.29 is 9.53 Å². The third-order valence-corrected chi connectivity index (χ3v) is 4.52. The SMILES string of the molecule is NC(=O)c1cnc(NC2CCCC3OCCC23)c(Cl)c1. The summed E-state index contributed by atoms with van der Waals surface area (Å²) >= 11 is 6.17. The van der Waals surface area contributed by atoms with Gasteiger partial charge in [0.05, 0.1) is 16.7 Å². The molecule has 6 heteroatoms. The van der Waals surface area contributed by atoms with Gasteiger partial charge in [-0.05, 0) is 31.7 Å². The van der Waals surface area contributed by atoms with Crippen molar-refractivity contribution in [2.75, 3.05) is 11.9 Å². The first-order valence-electron chi connectivity index (χ1n) is 6.98. The smallest absolute Gasteiger partial charge is 0.250 e. The maximum atomic E-state index is 11.1. The van der Waals surface area contributed by atoms with E-state index in [2.05, 4.69) is 10.3 Å². The first-order chi connectivity index (χ1) is 9.65. The average molecular weight is 296 g/mol. The second kappa shape index (κ2) is 5.58. The summed E-state index contributed by atoms with van der Waals surface area (Å²) in [5.74, 6) is 0.625. The zero-order chi connectivity index (χ0) is 14.1. The Hall–Kier alpha value is -1.33. The molecule has 1 saturated heterocycles. The largest absolute Gasteiger partial charge is 0.378 e. The fourth-order valence-electron chi connectivity index (χ4n) is 3.21. The van der Waals surface area contributed by atoms with Gasteiger partial charge in [0.2, 0.25) is 5.91 Å². The zero-order valence-corrected chi connectivity index (χ0v) is 11.9. The highest BCUT2D eigenvalue weighted by atomic mass is 35.5. The Morgan fingerprint density at radius 1 is 1.45 bits per heavy atom. The highest BCUT2D eigenvalue weighted by molar-refractivity contribution is 6.33. The number of nitrogens with zero attached hydrogens (tertiary/aromatic N) is 1. The number of halogens is 1. The molecule has 0 spiro atoms. The van der Waals surface area contributed by atoms with Crippen molar-refractivity contribution in [3.63, 3.8) is 0 Å². The third kappa shape index (κ3) is 2.60. The predicted molar refractivity (Wildman–Crippen MR) is 76.9 cm³/mol. The van der Waals surface area contributed by atoms with Gasteiger partial charge >= 0.3 is 0 Å². The van der Waals surface area contributed by atoms with Gasteiger partial charge in [-0.15, -0.1) is 0 Å². The molecule has 3 rings (SSSR count). The number of nitrogens with one attached hydrogen (secondary N) is 1. The Bertz CT molecular complexity index is 523. The van der Waals surface area contributed by atoms with Crippen LogP contribution in [0.4, 0.5) is 5.82 Å². The summed E-state index contributed by atoms with van der Waals surface area (Å²) in [6, 6.07) is 1.89. The number of anilines is 1. The topological polar surface area (TPSA) is 77.2 Å². The van der Waals surface area contributed by atoms with Gasteiger partial charge in [0.25, 0.3) is 0 Å². The first-order valence-corrected chi connectivity index (χ1v) is 7.36. The first kappa shape index (κ1) is 13.6. The molecule has 20 heavy (non-hydrogen) atoms. The molecule has 1 aromatic heterocycles. The minimum Gasteiger partial charge on any atom is -0.378 e. The number of amides is 1. The number of hydrogen-bond donors (Lipinski definition) is 2. The number of carbonyl (C=O) groups is 1. The van der Waals surface area contributed by atoms with Gasteiger partial charge in [0.15, 0.2) is 0 Å². The van der Waals surface area contributed by atoms with E-state index in [4.69, 9.17) is 22.1 Å². The number of aromatic nitrogens is 1. The van der Waals surface area contributed by atoms with Crippen LogP contribution in [0.25, 0.3) is 0 Å². The Balaban J connectivity index is 1.75. The van der Waals surface area contributed by atoms with Crippen LogP contribution < -0.4 is 11.1 Å². The van der Waals surface area contributed by atoms with E-state index in [0.29, 0.717) is 34.5 Å². The van der Waals surface area contributed by atoms with Crippen molar-refractivity contribution in [1.29, 1.82) is 0 Å². The minimum absolute atomic E-state index is 0.325. The number of carbonyl (C=O) groups excluding carboxylic acids is 1. The second-order valence-electron chi connectivity index (χ2n) is 5.46. The number of fused-ring (bicyclic) bond motifs is 1. The molecule has 0 bridgehead atoms. The van der Waals surface area contributed by atoms with Gasteiger partial charge in [-0.2, -0.15) is 0 Å². The molecule has 1 aliphatic heterocycles. The number of nitrogens with two attached hydrogens (primary N) is 1. The standard InChI is InChI=1S/C14H18ClN3O2/c15-10-6-8(13(16)19)7-17-14(10)18-11-2-1-3-12-9(11)4-5-20-12/h6-7,9,11-12H,1-5H2,(H2,16,19)(H,17,18). The molecule has 0 radical (unpaired) electrons. The summed E-state index contributed by atoms with van der Waals surface area (Å²) in [4.78, 5) is 15.3. The third-order valence-electron chi connectivity index (χ3n) is 4.23. The molecule has 1 aliphatic carbocycles. The summed E-state index contributed by atoms with van der Waals surface area (Å²) in [5, 5.41) is 3.84. The molecule has 5 nitrogen and oxygen atoms in total. The van der Waals surface area contributed by atoms with E-state index in [-0.39, 0.29) is 0 Å². The van der Waals surface area contributed by atoms with E-state index < -0.39 is 5.91 Å². The number of primary amides is 1. The Morgan fingerprint density at radius 2 is 2.30 bits per heavy atom. The van der Waals surface area contributed by atoms with Crippen molar-refractivity contribution in [3.8, 4) is 0 Å². The van der Waals surface area contributed by atoms with E-state index >= 15 is 0 Å². The molecule has 3 atom stereocenters. The molecule has 1 amide bonds. The van der Waals surface area contributed by atoms with Crippen molar-refractivity contribution in [1.82, 2.24) is 4.98 Å². The molecule has 1 aromatic rings. The minimum atomic E-state index is -0.520. The van der Waals surface area contributed by atoms with E-state index in [1.807, 2.05) is 0 Å². The lowest BCUT2D eigenvalue weighted by Gasteiger charge is -2.33. The number of pyridine rings is 1. The van der Waals surface area contributed by atoms with Crippen LogP contribution in [-0.4, -0.2) is 29.6 Å². The van der Waals surface area contributed by atoms with Gasteiger partial charge in [0.1, 0.15) is 5.82 Å². The lowest BCUT2D eigenvalue weighted by molar-refractivity contribution is 0.0619. The predicted octanol–water partition coefficient (Wildman–Crippen LogP) is 2.20. The molecule has 108 valence electrons. The van der Waals surface area contributed by atoms with Crippen LogP contribution in [0, 0.1) is 5.92 Å². The normalized spacial score (nSPS) is 28.9. The molecule has 0 aromatic carbocycles. The number of rotatable bonds is 3. The summed E-state index contributed by atoms with van der Waals surface area (Å²) in [7, 11) is 0. The van der Waals surface area contributed by atoms with Crippen LogP contribution in [0.5, 0.6) is 0 Å². The van der Waals surface area contributed by atoms with Gasteiger partial charge in [-0.1, -0.05) is 11.6 Å². The molecule has 2 aliphatic rings. The van der Waals surface area contributed by atoms with Gasteiger partial charge in [-0.3, -0.25) is 4.79 Å². The fourth-order valence-corrected chi connectivity index (χ4v) is 3.43. The maximum absolute atomic E-state index is 11.1. The average Bonchev–Trinajstić information content (AvgIpc) is 2.90. The van der Waals surface area contributed by atoms with Crippen molar-refractivity contribution in [2.45, 2.75) is 37.8 Å². The highest BCUT2D eigenvalue weighted by Gasteiger charge is 2.37. The molecule has 3 unspecified atom stereocenters. The van der Waals surface area contributed by atoms with Crippen LogP contribution >= 0.6 is 11.6 Å². The van der Waals surface area contributed by atoms with Gasteiger partial charge < -0.3 is 15.8 Å². The van der Waals surface area contributed by atoms with Crippen LogP contribution in [0.2, 0.25) is 5.02 Å². The second-order valence-corrected chi connectivity index (χ2v) is 5.87. The van der Waals surface area contributed by atoms with E-state index in [1.54, 1.807) is 6.07 Å². The summed E-state index contributed by atoms with van der Waals surface area (Å²) < 4.78 is 5.75. The molecular formula is C14H18ClN3O2. The van der Waals surface area contributed by atoms with Crippen LogP contribution in [-0.2, 0) is 4.74 Å². The van der Waals surface area contributed by atoms with Crippen molar-refractivity contribution in [3.05, 3.63) is 22.8 Å². The summed E-state index contributed by atoms with van der Waals surface area (Å²) in [6.07, 6.45) is 6.30. The number of ether oxygens (including phenoxy) is 1. The van der Waals surface area contributed by atoms with Crippen LogP contribution in [0.3, 0.4) is 0 Å². The van der Waals surface area contributed by atoms with E-state index in [9.17, 15) is 4.79 Å². The van der Waals surface area contributed by atoms with Crippen molar-refractivity contribution >= 4 is 23.3 Å². The summed E-state index contributed by atoms with van der Waals surface area (Å²) in [5.41, 5.74) is 5.54. The fraction of sp³-hybridized carbons (Fsp3) is 0.571. The molecule has 1 saturated carbocycles. The maximum Gasteiger partial charge on any atom is 0.250 e. The Labute approximate surface area is 122 Å². The molecule has 3 N–H and O–H groups in total. The molecular weight excluding hydrogens is 278 g/mol. The quantitative estimate of drug-likeness (QED) is 0.896. The Kier molecular flexibility index (Phi) is 3.81. The number of hydrogen-bond acceptors (Lipinski definition) is 4. The zero-order valence-electron chi connectivity index (χ0n) is 11.1. The van der Waals surface area contributed by atoms with E-state index in [0.717, 1.165) is 32.3 Å². The Morgan fingerprint density at radius 3 is 3.05 bits per heavy atom.